The van der Waals surface area contributed by atoms with Crippen molar-refractivity contribution < 1.29 is 13.2 Å². The van der Waals surface area contributed by atoms with Crippen molar-refractivity contribution in [3.8, 4) is 0 Å². The highest BCUT2D eigenvalue weighted by Gasteiger charge is 2.33. The number of hydrogen-bond donors (Lipinski definition) is 1. The van der Waals surface area contributed by atoms with Crippen molar-refractivity contribution in [1.29, 1.82) is 0 Å². The number of halogens is 3. The molecule has 0 saturated carbocycles. The van der Waals surface area contributed by atoms with Gasteiger partial charge in [0.2, 0.25) is 0 Å². The Morgan fingerprint density at radius 3 is 2.52 bits per heavy atom. The SMILES string of the molecule is CN(CCc1ccncc1)c1cc(C(F)(F)F)ncc1N. The fourth-order valence-corrected chi connectivity index (χ4v) is 1.91. The summed E-state index contributed by atoms with van der Waals surface area (Å²) < 4.78 is 38.1. The molecule has 7 heteroatoms. The van der Waals surface area contributed by atoms with E-state index in [1.807, 2.05) is 12.1 Å². The summed E-state index contributed by atoms with van der Waals surface area (Å²) in [5.41, 5.74) is 6.38. The van der Waals surface area contributed by atoms with Gasteiger partial charge in [0.25, 0.3) is 0 Å². The van der Waals surface area contributed by atoms with Gasteiger partial charge >= 0.3 is 6.18 Å². The molecular formula is C14H15F3N4. The van der Waals surface area contributed by atoms with Crippen LogP contribution in [0.25, 0.3) is 0 Å². The molecule has 0 amide bonds. The standard InChI is InChI=1S/C14H15F3N4/c1-21(7-4-10-2-5-19-6-3-10)12-8-13(14(15,16)17)20-9-11(12)18/h2-3,5-6,8-9H,4,7,18H2,1H3. The summed E-state index contributed by atoms with van der Waals surface area (Å²) in [6, 6.07) is 4.71. The van der Waals surface area contributed by atoms with Gasteiger partial charge in [-0.25, -0.2) is 4.98 Å². The summed E-state index contributed by atoms with van der Waals surface area (Å²) in [5.74, 6) is 0. The number of alkyl halides is 3. The summed E-state index contributed by atoms with van der Waals surface area (Å²) >= 11 is 0. The number of pyridine rings is 2. The number of rotatable bonds is 4. The van der Waals surface area contributed by atoms with Gasteiger partial charge in [-0.05, 0) is 30.2 Å². The van der Waals surface area contributed by atoms with Crippen LogP contribution in [0, 0.1) is 0 Å². The molecule has 0 aliphatic rings. The van der Waals surface area contributed by atoms with Crippen molar-refractivity contribution >= 4 is 11.4 Å². The van der Waals surface area contributed by atoms with Gasteiger partial charge in [-0.2, -0.15) is 13.2 Å². The Balaban J connectivity index is 2.13. The van der Waals surface area contributed by atoms with Crippen LogP contribution in [0.15, 0.2) is 36.8 Å². The molecule has 2 heterocycles. The van der Waals surface area contributed by atoms with Crippen LogP contribution in [0.4, 0.5) is 24.5 Å². The third-order valence-corrected chi connectivity index (χ3v) is 3.10. The number of anilines is 2. The van der Waals surface area contributed by atoms with E-state index < -0.39 is 11.9 Å². The minimum Gasteiger partial charge on any atom is -0.396 e. The molecule has 0 spiro atoms. The first-order valence-electron chi connectivity index (χ1n) is 6.30. The normalized spacial score (nSPS) is 11.4. The molecule has 21 heavy (non-hydrogen) atoms. The number of hydrogen-bond acceptors (Lipinski definition) is 4. The van der Waals surface area contributed by atoms with Gasteiger partial charge in [0, 0.05) is 26.0 Å². The number of nitrogen functional groups attached to an aromatic ring is 1. The highest BCUT2D eigenvalue weighted by atomic mass is 19.4. The summed E-state index contributed by atoms with van der Waals surface area (Å²) in [5, 5.41) is 0. The van der Waals surface area contributed by atoms with Crippen LogP contribution in [-0.2, 0) is 12.6 Å². The van der Waals surface area contributed by atoms with Crippen LogP contribution in [0.5, 0.6) is 0 Å². The Hall–Kier alpha value is -2.31. The van der Waals surface area contributed by atoms with Crippen molar-refractivity contribution in [2.45, 2.75) is 12.6 Å². The van der Waals surface area contributed by atoms with Crippen LogP contribution in [0.2, 0.25) is 0 Å². The van der Waals surface area contributed by atoms with Crippen LogP contribution in [-0.4, -0.2) is 23.6 Å². The lowest BCUT2D eigenvalue weighted by molar-refractivity contribution is -0.141. The van der Waals surface area contributed by atoms with Gasteiger partial charge in [-0.1, -0.05) is 0 Å². The smallest absolute Gasteiger partial charge is 0.396 e. The molecule has 0 radical (unpaired) electrons. The molecule has 0 atom stereocenters. The lowest BCUT2D eigenvalue weighted by Gasteiger charge is -2.22. The fraction of sp³-hybridized carbons (Fsp3) is 0.286. The molecule has 0 aromatic carbocycles. The monoisotopic (exact) mass is 296 g/mol. The van der Waals surface area contributed by atoms with Crippen LogP contribution in [0.1, 0.15) is 11.3 Å². The molecule has 2 aromatic rings. The summed E-state index contributed by atoms with van der Waals surface area (Å²) in [4.78, 5) is 8.93. The van der Waals surface area contributed by atoms with Gasteiger partial charge < -0.3 is 10.6 Å². The first-order chi connectivity index (χ1) is 9.88. The van der Waals surface area contributed by atoms with Crippen molar-refractivity contribution in [3.63, 3.8) is 0 Å². The molecule has 0 aliphatic carbocycles. The highest BCUT2D eigenvalue weighted by Crippen LogP contribution is 2.32. The van der Waals surface area contributed by atoms with Crippen LogP contribution >= 0.6 is 0 Å². The molecule has 4 nitrogen and oxygen atoms in total. The Kier molecular flexibility index (Phi) is 4.30. The average Bonchev–Trinajstić information content (AvgIpc) is 2.45. The fourth-order valence-electron chi connectivity index (χ4n) is 1.91. The number of aromatic nitrogens is 2. The molecule has 0 bridgehead atoms. The highest BCUT2D eigenvalue weighted by molar-refractivity contribution is 5.66. The largest absolute Gasteiger partial charge is 0.433 e. The zero-order valence-corrected chi connectivity index (χ0v) is 11.4. The minimum absolute atomic E-state index is 0.222. The van der Waals surface area contributed by atoms with E-state index in [2.05, 4.69) is 9.97 Å². The molecule has 0 aliphatic heterocycles. The number of likely N-dealkylation sites (N-methyl/N-ethyl adjacent to an activating group) is 1. The van der Waals surface area contributed by atoms with E-state index in [9.17, 15) is 13.2 Å². The summed E-state index contributed by atoms with van der Waals surface area (Å²) in [6.45, 7) is 0.537. The molecule has 0 unspecified atom stereocenters. The lowest BCUT2D eigenvalue weighted by atomic mass is 10.2. The van der Waals surface area contributed by atoms with E-state index in [1.165, 1.54) is 0 Å². The Morgan fingerprint density at radius 1 is 1.24 bits per heavy atom. The number of nitrogens with two attached hydrogens (primary N) is 1. The van der Waals surface area contributed by atoms with Gasteiger partial charge in [-0.3, -0.25) is 4.98 Å². The maximum Gasteiger partial charge on any atom is 0.433 e. The first-order valence-corrected chi connectivity index (χ1v) is 6.30. The van der Waals surface area contributed by atoms with Crippen LogP contribution < -0.4 is 10.6 Å². The van der Waals surface area contributed by atoms with E-state index in [0.29, 0.717) is 18.7 Å². The third-order valence-electron chi connectivity index (χ3n) is 3.10. The third kappa shape index (κ3) is 3.84. The van der Waals surface area contributed by atoms with E-state index in [-0.39, 0.29) is 5.69 Å². The summed E-state index contributed by atoms with van der Waals surface area (Å²) in [7, 11) is 1.70. The predicted octanol–water partition coefficient (Wildman–Crippen LogP) is 2.76. The van der Waals surface area contributed by atoms with Gasteiger partial charge in [0.1, 0.15) is 5.69 Å². The molecule has 2 rings (SSSR count). The van der Waals surface area contributed by atoms with Gasteiger partial charge in [-0.15, -0.1) is 0 Å². The second-order valence-electron chi connectivity index (χ2n) is 4.65. The number of nitrogens with zero attached hydrogens (tertiary/aromatic N) is 3. The lowest BCUT2D eigenvalue weighted by Crippen LogP contribution is -2.22. The van der Waals surface area contributed by atoms with E-state index in [1.54, 1.807) is 24.3 Å². The Labute approximate surface area is 120 Å². The van der Waals surface area contributed by atoms with Crippen molar-refractivity contribution in [2.75, 3.05) is 24.2 Å². The van der Waals surface area contributed by atoms with Crippen LogP contribution in [0.3, 0.4) is 0 Å². The van der Waals surface area contributed by atoms with E-state index >= 15 is 0 Å². The van der Waals surface area contributed by atoms with E-state index in [0.717, 1.165) is 17.8 Å². The second kappa shape index (κ2) is 5.99. The topological polar surface area (TPSA) is 55.0 Å². The molecular weight excluding hydrogens is 281 g/mol. The maximum atomic E-state index is 12.7. The Bertz CT molecular complexity index is 599. The molecule has 2 aromatic heterocycles. The second-order valence-corrected chi connectivity index (χ2v) is 4.65. The minimum atomic E-state index is -4.48. The predicted molar refractivity (Wildman–Crippen MR) is 74.9 cm³/mol. The van der Waals surface area contributed by atoms with Gasteiger partial charge in [0.05, 0.1) is 17.6 Å². The maximum absolute atomic E-state index is 12.7. The zero-order valence-electron chi connectivity index (χ0n) is 11.4. The van der Waals surface area contributed by atoms with Crippen molar-refractivity contribution in [2.24, 2.45) is 0 Å². The molecule has 112 valence electrons. The van der Waals surface area contributed by atoms with Gasteiger partial charge in [0.15, 0.2) is 0 Å². The zero-order chi connectivity index (χ0) is 15.5. The molecule has 2 N–H and O–H groups in total. The molecule has 0 fully saturated rings. The quantitative estimate of drug-likeness (QED) is 0.942. The molecule has 0 saturated heterocycles. The first kappa shape index (κ1) is 15.1. The Morgan fingerprint density at radius 2 is 1.90 bits per heavy atom. The average molecular weight is 296 g/mol. The van der Waals surface area contributed by atoms with E-state index in [4.69, 9.17) is 5.73 Å². The van der Waals surface area contributed by atoms with Crippen molar-refractivity contribution in [3.05, 3.63) is 48.0 Å². The van der Waals surface area contributed by atoms with Crippen molar-refractivity contribution in [1.82, 2.24) is 9.97 Å². The summed E-state index contributed by atoms with van der Waals surface area (Å²) in [6.07, 6.45) is 0.605.